The van der Waals surface area contributed by atoms with Gasteiger partial charge in [-0.05, 0) is 25.2 Å². The zero-order chi connectivity index (χ0) is 11.3. The van der Waals surface area contributed by atoms with Crippen molar-refractivity contribution in [3.63, 3.8) is 0 Å². The van der Waals surface area contributed by atoms with Crippen molar-refractivity contribution in [3.8, 4) is 0 Å². The molecule has 0 fully saturated rings. The van der Waals surface area contributed by atoms with Crippen LogP contribution in [-0.4, -0.2) is 26.3 Å². The largest absolute Gasteiger partial charge is 0.262 e. The minimum absolute atomic E-state index is 0.374. The van der Waals surface area contributed by atoms with Gasteiger partial charge < -0.3 is 0 Å². The van der Waals surface area contributed by atoms with E-state index in [4.69, 9.17) is 0 Å². The van der Waals surface area contributed by atoms with E-state index in [1.165, 1.54) is 12.8 Å². The van der Waals surface area contributed by atoms with Crippen molar-refractivity contribution in [2.45, 2.75) is 38.8 Å². The summed E-state index contributed by atoms with van der Waals surface area (Å²) >= 11 is 5.35. The quantitative estimate of drug-likeness (QED) is 0.645. The van der Waals surface area contributed by atoms with Crippen molar-refractivity contribution >= 4 is 27.7 Å². The lowest BCUT2D eigenvalue weighted by molar-refractivity contribution is 0.359. The van der Waals surface area contributed by atoms with Crippen molar-refractivity contribution < 1.29 is 0 Å². The average molecular weight is 292 g/mol. The van der Waals surface area contributed by atoms with Crippen LogP contribution in [0.2, 0.25) is 0 Å². The topological polar surface area (TPSA) is 41.6 Å². The Balaban J connectivity index is 2.54. The number of nitrogens with zero attached hydrogens (tertiary/aromatic N) is 2. The van der Waals surface area contributed by atoms with Crippen LogP contribution in [0, 0.1) is 12.3 Å². The summed E-state index contributed by atoms with van der Waals surface area (Å²) in [6.45, 7) is 6.41. The molecule has 15 heavy (non-hydrogen) atoms. The molecule has 5 heteroatoms. The maximum Gasteiger partial charge on any atom is 0.208 e. The maximum atomic E-state index is 4.30. The van der Waals surface area contributed by atoms with Crippen LogP contribution in [0.25, 0.3) is 0 Å². The molecule has 0 amide bonds. The molecule has 1 N–H and O–H groups in total. The van der Waals surface area contributed by atoms with Gasteiger partial charge in [0, 0.05) is 11.1 Å². The Bertz CT molecular complexity index is 288. The summed E-state index contributed by atoms with van der Waals surface area (Å²) < 4.78 is 0. The summed E-state index contributed by atoms with van der Waals surface area (Å²) in [6.07, 6.45) is 2.37. The van der Waals surface area contributed by atoms with Crippen molar-refractivity contribution in [1.29, 1.82) is 0 Å². The molecule has 1 aromatic heterocycles. The molecule has 0 bridgehead atoms. The molecule has 0 radical (unpaired) electrons. The number of aromatic nitrogens is 3. The van der Waals surface area contributed by atoms with Crippen LogP contribution in [0.3, 0.4) is 0 Å². The molecule has 86 valence electrons. The van der Waals surface area contributed by atoms with Crippen LogP contribution in [0.15, 0.2) is 5.16 Å². The van der Waals surface area contributed by atoms with Gasteiger partial charge in [-0.25, -0.2) is 4.98 Å². The Hall–Kier alpha value is -0.0300. The van der Waals surface area contributed by atoms with E-state index in [0.717, 1.165) is 22.1 Å². The monoisotopic (exact) mass is 291 g/mol. The lowest BCUT2D eigenvalue weighted by Gasteiger charge is -2.28. The summed E-state index contributed by atoms with van der Waals surface area (Å²) in [5.41, 5.74) is 0.374. The Kier molecular flexibility index (Phi) is 5.12. The van der Waals surface area contributed by atoms with Crippen LogP contribution in [0.1, 0.15) is 32.5 Å². The minimum atomic E-state index is 0.374. The molecule has 0 spiro atoms. The molecular formula is C10H18BrN3S. The highest BCUT2D eigenvalue weighted by Gasteiger charge is 2.25. The van der Waals surface area contributed by atoms with Gasteiger partial charge in [0.05, 0.1) is 0 Å². The van der Waals surface area contributed by atoms with E-state index < -0.39 is 0 Å². The molecule has 1 aromatic rings. The molecular weight excluding hydrogens is 274 g/mol. The highest BCUT2D eigenvalue weighted by atomic mass is 79.9. The Labute approximate surface area is 104 Å². The fraction of sp³-hybridized carbons (Fsp3) is 0.800. The molecule has 0 aliphatic carbocycles. The Morgan fingerprint density at radius 3 is 2.47 bits per heavy atom. The normalized spacial score (nSPS) is 12.0. The Morgan fingerprint density at radius 2 is 2.07 bits per heavy atom. The predicted molar refractivity (Wildman–Crippen MR) is 68.7 cm³/mol. The van der Waals surface area contributed by atoms with Gasteiger partial charge in [-0.1, -0.05) is 41.5 Å². The van der Waals surface area contributed by atoms with Crippen molar-refractivity contribution in [2.75, 3.05) is 11.1 Å². The number of rotatable bonds is 6. The van der Waals surface area contributed by atoms with Gasteiger partial charge in [-0.2, -0.15) is 0 Å². The second-order valence-corrected chi connectivity index (χ2v) is 5.34. The summed E-state index contributed by atoms with van der Waals surface area (Å²) in [7, 11) is 0. The van der Waals surface area contributed by atoms with Gasteiger partial charge in [0.2, 0.25) is 5.16 Å². The van der Waals surface area contributed by atoms with Crippen molar-refractivity contribution in [2.24, 2.45) is 5.41 Å². The first-order valence-electron chi connectivity index (χ1n) is 5.23. The number of H-pyrrole nitrogens is 1. The van der Waals surface area contributed by atoms with Gasteiger partial charge in [-0.15, -0.1) is 5.10 Å². The fourth-order valence-corrected chi connectivity index (χ4v) is 3.80. The third kappa shape index (κ3) is 3.48. The van der Waals surface area contributed by atoms with E-state index >= 15 is 0 Å². The average Bonchev–Trinajstić information content (AvgIpc) is 2.67. The molecule has 0 saturated heterocycles. The molecule has 0 saturated carbocycles. The van der Waals surface area contributed by atoms with E-state index in [1.807, 2.05) is 6.92 Å². The molecule has 0 aliphatic heterocycles. The third-order valence-corrected chi connectivity index (χ3v) is 5.25. The maximum absolute atomic E-state index is 4.30. The summed E-state index contributed by atoms with van der Waals surface area (Å²) in [4.78, 5) is 4.30. The van der Waals surface area contributed by atoms with Gasteiger partial charge >= 0.3 is 0 Å². The van der Waals surface area contributed by atoms with E-state index in [1.54, 1.807) is 11.8 Å². The van der Waals surface area contributed by atoms with E-state index in [9.17, 15) is 0 Å². The first-order valence-corrected chi connectivity index (χ1v) is 7.34. The summed E-state index contributed by atoms with van der Waals surface area (Å²) in [5, 5.41) is 8.90. The number of nitrogens with one attached hydrogen (secondary N) is 1. The van der Waals surface area contributed by atoms with E-state index in [2.05, 4.69) is 45.0 Å². The third-order valence-electron chi connectivity index (χ3n) is 2.87. The van der Waals surface area contributed by atoms with Crippen LogP contribution >= 0.6 is 27.7 Å². The van der Waals surface area contributed by atoms with Gasteiger partial charge in [0.15, 0.2) is 0 Å². The molecule has 0 unspecified atom stereocenters. The lowest BCUT2D eigenvalue weighted by Crippen LogP contribution is -2.23. The second-order valence-electron chi connectivity index (χ2n) is 3.83. The summed E-state index contributed by atoms with van der Waals surface area (Å²) in [6, 6.07) is 0. The number of hydrogen-bond donors (Lipinski definition) is 1. The number of aryl methyl sites for hydroxylation is 1. The van der Waals surface area contributed by atoms with Crippen molar-refractivity contribution in [3.05, 3.63) is 5.82 Å². The molecule has 3 nitrogen and oxygen atoms in total. The van der Waals surface area contributed by atoms with Gasteiger partial charge in [0.1, 0.15) is 5.82 Å². The first-order chi connectivity index (χ1) is 7.15. The minimum Gasteiger partial charge on any atom is -0.262 e. The van der Waals surface area contributed by atoms with Gasteiger partial charge in [0.25, 0.3) is 0 Å². The van der Waals surface area contributed by atoms with Crippen LogP contribution in [0.4, 0.5) is 0 Å². The van der Waals surface area contributed by atoms with E-state index in [0.29, 0.717) is 5.41 Å². The van der Waals surface area contributed by atoms with Crippen LogP contribution in [0.5, 0.6) is 0 Å². The fourth-order valence-electron chi connectivity index (χ4n) is 1.29. The van der Waals surface area contributed by atoms with Crippen molar-refractivity contribution in [1.82, 2.24) is 15.2 Å². The lowest BCUT2D eigenvalue weighted by atomic mass is 9.87. The molecule has 0 aromatic carbocycles. The highest BCUT2D eigenvalue weighted by Crippen LogP contribution is 2.34. The smallest absolute Gasteiger partial charge is 0.208 e. The predicted octanol–water partition coefficient (Wildman–Crippen LogP) is 3.41. The standard InChI is InChI=1S/C10H18BrN3S/c1-4-10(5-2,6-11)7-15-9-12-8(3)13-14-9/h4-7H2,1-3H3,(H,12,13,14). The van der Waals surface area contributed by atoms with Gasteiger partial charge in [-0.3, -0.25) is 5.10 Å². The highest BCUT2D eigenvalue weighted by molar-refractivity contribution is 9.09. The number of thioether (sulfide) groups is 1. The Morgan fingerprint density at radius 1 is 1.40 bits per heavy atom. The first kappa shape index (κ1) is 13.0. The zero-order valence-corrected chi connectivity index (χ0v) is 11.9. The van der Waals surface area contributed by atoms with Crippen LogP contribution < -0.4 is 0 Å². The molecule has 0 aliphatic rings. The summed E-state index contributed by atoms with van der Waals surface area (Å²) in [5.74, 6) is 1.96. The SMILES string of the molecule is CCC(CC)(CBr)CSc1n[nH]c(C)n1. The van der Waals surface area contributed by atoms with E-state index in [-0.39, 0.29) is 0 Å². The second kappa shape index (κ2) is 5.89. The zero-order valence-electron chi connectivity index (χ0n) is 9.51. The molecule has 1 heterocycles. The van der Waals surface area contributed by atoms with Crippen LogP contribution in [-0.2, 0) is 0 Å². The molecule has 1 rings (SSSR count). The molecule has 0 atom stereocenters. The number of alkyl halides is 1. The number of halogens is 1. The number of aromatic amines is 1. The number of hydrogen-bond acceptors (Lipinski definition) is 3.